The lowest BCUT2D eigenvalue weighted by Gasteiger charge is -2.07. The summed E-state index contributed by atoms with van der Waals surface area (Å²) < 4.78 is 1.71. The van der Waals surface area contributed by atoms with Crippen LogP contribution in [-0.2, 0) is 0 Å². The Kier molecular flexibility index (Phi) is 3.14. The summed E-state index contributed by atoms with van der Waals surface area (Å²) in [6.45, 7) is 3.86. The van der Waals surface area contributed by atoms with E-state index in [0.29, 0.717) is 22.1 Å². The topological polar surface area (TPSA) is 80.1 Å². The minimum Gasteiger partial charge on any atom is -0.384 e. The molecule has 0 spiro atoms. The van der Waals surface area contributed by atoms with Gasteiger partial charge in [0.2, 0.25) is 0 Å². The van der Waals surface area contributed by atoms with E-state index in [1.165, 1.54) is 0 Å². The second kappa shape index (κ2) is 4.86. The third-order valence-corrected chi connectivity index (χ3v) is 3.57. The summed E-state index contributed by atoms with van der Waals surface area (Å²) in [5, 5.41) is 12.9. The van der Waals surface area contributed by atoms with E-state index in [0.717, 1.165) is 16.8 Å². The van der Waals surface area contributed by atoms with E-state index in [9.17, 15) is 0 Å². The van der Waals surface area contributed by atoms with Gasteiger partial charge in [-0.15, -0.1) is 5.10 Å². The van der Waals surface area contributed by atoms with Gasteiger partial charge in [-0.2, -0.15) is 0 Å². The highest BCUT2D eigenvalue weighted by Crippen LogP contribution is 2.23. The summed E-state index contributed by atoms with van der Waals surface area (Å²) >= 11 is 6.02. The minimum atomic E-state index is -0.0115. The first kappa shape index (κ1) is 13.6. The van der Waals surface area contributed by atoms with Gasteiger partial charge in [0.1, 0.15) is 5.84 Å². The van der Waals surface area contributed by atoms with Crippen molar-refractivity contribution in [2.24, 2.45) is 5.73 Å². The molecule has 5 nitrogen and oxygen atoms in total. The fourth-order valence-electron chi connectivity index (χ4n) is 2.43. The third-order valence-electron chi connectivity index (χ3n) is 3.34. The van der Waals surface area contributed by atoms with Gasteiger partial charge < -0.3 is 5.73 Å². The number of rotatable bonds is 2. The summed E-state index contributed by atoms with van der Waals surface area (Å²) in [6, 6.07) is 9.31. The second-order valence-electron chi connectivity index (χ2n) is 4.94. The minimum absolute atomic E-state index is 0.0115. The molecule has 0 amide bonds. The predicted molar refractivity (Wildman–Crippen MR) is 83.9 cm³/mol. The Bertz CT molecular complexity index is 866. The van der Waals surface area contributed by atoms with E-state index < -0.39 is 0 Å². The number of aryl methyl sites for hydroxylation is 2. The van der Waals surface area contributed by atoms with Crippen molar-refractivity contribution >= 4 is 23.1 Å². The van der Waals surface area contributed by atoms with Gasteiger partial charge in [0, 0.05) is 16.3 Å². The maximum atomic E-state index is 7.75. The number of nitrogen functional groups attached to an aromatic ring is 1. The Hall–Kier alpha value is -2.40. The number of amidine groups is 1. The van der Waals surface area contributed by atoms with Gasteiger partial charge >= 0.3 is 0 Å². The standard InChI is InChI=1S/C15H14ClN5/c1-8-6-9(2)21-15(12(8)13(17)18)19-14(20-21)10-4-3-5-11(16)7-10/h3-7H,1-2H3,(H3,17,18). The SMILES string of the molecule is Cc1cc(C)n2nc(-c3cccc(Cl)c3)nc2c1C(=N)N. The Morgan fingerprint density at radius 3 is 2.71 bits per heavy atom. The molecule has 0 fully saturated rings. The summed E-state index contributed by atoms with van der Waals surface area (Å²) in [4.78, 5) is 4.54. The van der Waals surface area contributed by atoms with E-state index in [4.69, 9.17) is 22.7 Å². The monoisotopic (exact) mass is 299 g/mol. The molecule has 0 saturated carbocycles. The van der Waals surface area contributed by atoms with Gasteiger partial charge in [0.05, 0.1) is 5.56 Å². The van der Waals surface area contributed by atoms with E-state index in [1.54, 1.807) is 10.6 Å². The Labute approximate surface area is 126 Å². The Balaban J connectivity index is 2.32. The molecule has 3 N–H and O–H groups in total. The van der Waals surface area contributed by atoms with Gasteiger partial charge in [-0.3, -0.25) is 5.41 Å². The molecule has 3 aromatic rings. The summed E-state index contributed by atoms with van der Waals surface area (Å²) in [7, 11) is 0. The van der Waals surface area contributed by atoms with Crippen molar-refractivity contribution in [1.82, 2.24) is 14.6 Å². The van der Waals surface area contributed by atoms with Crippen LogP contribution < -0.4 is 5.73 Å². The quantitative estimate of drug-likeness (QED) is 0.564. The number of benzene rings is 1. The number of aromatic nitrogens is 3. The average molecular weight is 300 g/mol. The highest BCUT2D eigenvalue weighted by molar-refractivity contribution is 6.30. The van der Waals surface area contributed by atoms with Crippen LogP contribution in [-0.4, -0.2) is 20.4 Å². The van der Waals surface area contributed by atoms with Gasteiger partial charge in [0.25, 0.3) is 0 Å². The van der Waals surface area contributed by atoms with Gasteiger partial charge in [-0.05, 0) is 37.6 Å². The maximum Gasteiger partial charge on any atom is 0.182 e. The lowest BCUT2D eigenvalue weighted by Crippen LogP contribution is -2.15. The number of fused-ring (bicyclic) bond motifs is 1. The lowest BCUT2D eigenvalue weighted by atomic mass is 10.1. The molecule has 0 bridgehead atoms. The van der Waals surface area contributed by atoms with Crippen molar-refractivity contribution in [2.45, 2.75) is 13.8 Å². The number of nitrogens with two attached hydrogens (primary N) is 1. The van der Waals surface area contributed by atoms with Crippen LogP contribution in [0.25, 0.3) is 17.0 Å². The number of halogens is 1. The molecular formula is C15H14ClN5. The lowest BCUT2D eigenvalue weighted by molar-refractivity contribution is 0.913. The molecule has 0 atom stereocenters. The first-order valence-electron chi connectivity index (χ1n) is 6.44. The van der Waals surface area contributed by atoms with Gasteiger partial charge in [0.15, 0.2) is 11.5 Å². The number of hydrogen-bond acceptors (Lipinski definition) is 3. The zero-order valence-electron chi connectivity index (χ0n) is 11.7. The molecule has 6 heteroatoms. The van der Waals surface area contributed by atoms with Crippen molar-refractivity contribution in [2.75, 3.05) is 0 Å². The zero-order valence-corrected chi connectivity index (χ0v) is 12.4. The van der Waals surface area contributed by atoms with Crippen molar-refractivity contribution in [1.29, 1.82) is 5.41 Å². The zero-order chi connectivity index (χ0) is 15.1. The van der Waals surface area contributed by atoms with E-state index in [1.807, 2.05) is 38.1 Å². The smallest absolute Gasteiger partial charge is 0.182 e. The molecule has 0 unspecified atom stereocenters. The normalized spacial score (nSPS) is 11.0. The largest absolute Gasteiger partial charge is 0.384 e. The predicted octanol–water partition coefficient (Wildman–Crippen LogP) is 2.95. The Morgan fingerprint density at radius 2 is 2.05 bits per heavy atom. The molecule has 0 saturated heterocycles. The van der Waals surface area contributed by atoms with Crippen LogP contribution >= 0.6 is 11.6 Å². The molecule has 3 rings (SSSR count). The molecule has 1 aromatic carbocycles. The van der Waals surface area contributed by atoms with Crippen molar-refractivity contribution in [3.63, 3.8) is 0 Å². The molecular weight excluding hydrogens is 286 g/mol. The summed E-state index contributed by atoms with van der Waals surface area (Å²) in [5.74, 6) is 0.552. The maximum absolute atomic E-state index is 7.75. The second-order valence-corrected chi connectivity index (χ2v) is 5.38. The fraction of sp³-hybridized carbons (Fsp3) is 0.133. The summed E-state index contributed by atoms with van der Waals surface area (Å²) in [6.07, 6.45) is 0. The van der Waals surface area contributed by atoms with Crippen LogP contribution in [0.1, 0.15) is 16.8 Å². The highest BCUT2D eigenvalue weighted by Gasteiger charge is 2.15. The molecule has 0 aliphatic rings. The highest BCUT2D eigenvalue weighted by atomic mass is 35.5. The summed E-state index contributed by atoms with van der Waals surface area (Å²) in [5.41, 5.74) is 9.57. The Morgan fingerprint density at radius 1 is 1.29 bits per heavy atom. The first-order chi connectivity index (χ1) is 9.97. The van der Waals surface area contributed by atoms with Crippen LogP contribution in [0.5, 0.6) is 0 Å². The van der Waals surface area contributed by atoms with Crippen LogP contribution in [0.3, 0.4) is 0 Å². The van der Waals surface area contributed by atoms with Crippen LogP contribution in [0.4, 0.5) is 0 Å². The van der Waals surface area contributed by atoms with E-state index in [2.05, 4.69) is 10.1 Å². The average Bonchev–Trinajstić information content (AvgIpc) is 2.83. The number of hydrogen-bond donors (Lipinski definition) is 2. The van der Waals surface area contributed by atoms with Gasteiger partial charge in [-0.25, -0.2) is 9.50 Å². The fourth-order valence-corrected chi connectivity index (χ4v) is 2.62. The number of nitrogens with one attached hydrogen (secondary N) is 1. The first-order valence-corrected chi connectivity index (χ1v) is 6.82. The van der Waals surface area contributed by atoms with E-state index in [-0.39, 0.29) is 5.84 Å². The van der Waals surface area contributed by atoms with Gasteiger partial charge in [-0.1, -0.05) is 23.7 Å². The molecule has 21 heavy (non-hydrogen) atoms. The van der Waals surface area contributed by atoms with Crippen LogP contribution in [0.15, 0.2) is 30.3 Å². The molecule has 0 aliphatic carbocycles. The molecule has 0 radical (unpaired) electrons. The van der Waals surface area contributed by atoms with Crippen LogP contribution in [0.2, 0.25) is 5.02 Å². The third kappa shape index (κ3) is 2.25. The van der Waals surface area contributed by atoms with Crippen molar-refractivity contribution in [3.8, 4) is 11.4 Å². The number of nitrogens with zero attached hydrogens (tertiary/aromatic N) is 3. The van der Waals surface area contributed by atoms with Crippen molar-refractivity contribution in [3.05, 3.63) is 52.2 Å². The molecule has 2 aromatic heterocycles. The number of pyridine rings is 1. The van der Waals surface area contributed by atoms with Crippen LogP contribution in [0, 0.1) is 19.3 Å². The van der Waals surface area contributed by atoms with E-state index >= 15 is 0 Å². The van der Waals surface area contributed by atoms with Crippen molar-refractivity contribution < 1.29 is 0 Å². The molecule has 0 aliphatic heterocycles. The molecule has 2 heterocycles. The molecule has 106 valence electrons.